The summed E-state index contributed by atoms with van der Waals surface area (Å²) >= 11 is 5.84. The minimum Gasteiger partial charge on any atom is -0.450 e. The van der Waals surface area contributed by atoms with Gasteiger partial charge >= 0.3 is 6.09 Å². The Kier molecular flexibility index (Phi) is 3.66. The number of rotatable bonds is 2. The monoisotopic (exact) mass is 292 g/mol. The zero-order chi connectivity index (χ0) is 14.1. The van der Waals surface area contributed by atoms with E-state index < -0.39 is 0 Å². The molecule has 0 N–H and O–H groups in total. The highest BCUT2D eigenvalue weighted by molar-refractivity contribution is 6.29. The fourth-order valence-corrected chi connectivity index (χ4v) is 3.23. The minimum absolute atomic E-state index is 0.0574. The zero-order valence-corrected chi connectivity index (χ0v) is 12.1. The van der Waals surface area contributed by atoms with Crippen molar-refractivity contribution >= 4 is 17.7 Å². The van der Waals surface area contributed by atoms with Gasteiger partial charge in [0.25, 0.3) is 0 Å². The minimum atomic E-state index is -0.224. The maximum Gasteiger partial charge on any atom is 0.410 e. The Balaban J connectivity index is 1.85. The molecule has 1 aliphatic carbocycles. The van der Waals surface area contributed by atoms with Crippen LogP contribution >= 0.6 is 11.6 Å². The summed E-state index contributed by atoms with van der Waals surface area (Å²) in [5.74, 6) is 0.665. The van der Waals surface area contributed by atoms with Crippen molar-refractivity contribution in [2.24, 2.45) is 5.92 Å². The van der Waals surface area contributed by atoms with E-state index in [-0.39, 0.29) is 18.1 Å². The molecule has 3 atom stereocenters. The number of nitrogens with zero attached hydrogens (tertiary/aromatic N) is 2. The van der Waals surface area contributed by atoms with Gasteiger partial charge in [-0.2, -0.15) is 0 Å². The molecule has 1 amide bonds. The van der Waals surface area contributed by atoms with Gasteiger partial charge in [-0.15, -0.1) is 0 Å². The molecule has 0 radical (unpaired) electrons. The number of hydrogen-bond donors (Lipinski definition) is 0. The second-order valence-corrected chi connectivity index (χ2v) is 5.63. The van der Waals surface area contributed by atoms with Crippen LogP contribution in [0.2, 0.25) is 5.15 Å². The zero-order valence-electron chi connectivity index (χ0n) is 11.3. The normalized spacial score (nSPS) is 27.7. The van der Waals surface area contributed by atoms with Crippen LogP contribution in [-0.4, -0.2) is 35.2 Å². The first-order chi connectivity index (χ1) is 9.69. The number of halogens is 1. The molecule has 3 heterocycles. The topological polar surface area (TPSA) is 42.4 Å². The summed E-state index contributed by atoms with van der Waals surface area (Å²) in [4.78, 5) is 18.0. The number of carbonyl (C=O) groups is 1. The highest BCUT2D eigenvalue weighted by Gasteiger charge is 2.41. The van der Waals surface area contributed by atoms with E-state index in [2.05, 4.69) is 17.1 Å². The van der Waals surface area contributed by atoms with Gasteiger partial charge in [0.05, 0.1) is 12.6 Å². The molecule has 1 fully saturated rings. The largest absolute Gasteiger partial charge is 0.450 e. The summed E-state index contributed by atoms with van der Waals surface area (Å²) in [5.41, 5.74) is 1.13. The maximum atomic E-state index is 12.1. The Labute approximate surface area is 123 Å². The highest BCUT2D eigenvalue weighted by Crippen LogP contribution is 2.40. The lowest BCUT2D eigenvalue weighted by molar-refractivity contribution is 0.0661. The van der Waals surface area contributed by atoms with E-state index in [0.717, 1.165) is 18.5 Å². The third kappa shape index (κ3) is 2.40. The predicted octanol–water partition coefficient (Wildman–Crippen LogP) is 3.24. The first kappa shape index (κ1) is 13.4. The van der Waals surface area contributed by atoms with Crippen LogP contribution in [0.15, 0.2) is 30.5 Å². The van der Waals surface area contributed by atoms with Crippen molar-refractivity contribution in [3.05, 3.63) is 41.2 Å². The number of amides is 1. The van der Waals surface area contributed by atoms with Crippen LogP contribution in [0, 0.1) is 5.92 Å². The van der Waals surface area contributed by atoms with Crippen LogP contribution in [0.1, 0.15) is 24.8 Å². The van der Waals surface area contributed by atoms with E-state index in [0.29, 0.717) is 17.7 Å². The van der Waals surface area contributed by atoms with Gasteiger partial charge in [0.1, 0.15) is 5.15 Å². The molecular formula is C15H17ClN2O2. The number of pyridine rings is 1. The number of hydrogen-bond acceptors (Lipinski definition) is 3. The molecule has 106 valence electrons. The van der Waals surface area contributed by atoms with Crippen molar-refractivity contribution in [3.63, 3.8) is 0 Å². The average molecular weight is 293 g/mol. The van der Waals surface area contributed by atoms with E-state index >= 15 is 0 Å². The smallest absolute Gasteiger partial charge is 0.410 e. The second-order valence-electron chi connectivity index (χ2n) is 5.24. The fourth-order valence-electron chi connectivity index (χ4n) is 3.12. The van der Waals surface area contributed by atoms with E-state index in [4.69, 9.17) is 16.3 Å². The summed E-state index contributed by atoms with van der Waals surface area (Å²) in [6, 6.07) is 3.86. The van der Waals surface area contributed by atoms with E-state index in [1.165, 1.54) is 0 Å². The number of ether oxygens (including phenoxy) is 1. The molecule has 5 heteroatoms. The van der Waals surface area contributed by atoms with Crippen LogP contribution in [-0.2, 0) is 4.74 Å². The summed E-state index contributed by atoms with van der Waals surface area (Å²) in [6.07, 6.45) is 6.96. The molecular weight excluding hydrogens is 276 g/mol. The van der Waals surface area contributed by atoms with Crippen LogP contribution in [0.25, 0.3) is 0 Å². The third-order valence-corrected chi connectivity index (χ3v) is 4.24. The Morgan fingerprint density at radius 2 is 2.35 bits per heavy atom. The molecule has 2 bridgehead atoms. The molecule has 3 aliphatic rings. The Hall–Kier alpha value is -1.55. The van der Waals surface area contributed by atoms with Gasteiger partial charge in [-0.1, -0.05) is 29.8 Å². The molecule has 0 spiro atoms. The first-order valence-electron chi connectivity index (χ1n) is 6.92. The fraction of sp³-hybridized carbons (Fsp3) is 0.467. The van der Waals surface area contributed by atoms with Crippen LogP contribution in [0.5, 0.6) is 0 Å². The van der Waals surface area contributed by atoms with Gasteiger partial charge in [-0.3, -0.25) is 0 Å². The molecule has 1 saturated heterocycles. The van der Waals surface area contributed by atoms with Crippen LogP contribution in [0.4, 0.5) is 4.79 Å². The maximum absolute atomic E-state index is 12.1. The van der Waals surface area contributed by atoms with Crippen molar-refractivity contribution < 1.29 is 9.53 Å². The number of piperidine rings is 1. The van der Waals surface area contributed by atoms with Crippen LogP contribution < -0.4 is 0 Å². The summed E-state index contributed by atoms with van der Waals surface area (Å²) in [6.45, 7) is 2.98. The Morgan fingerprint density at radius 3 is 3.00 bits per heavy atom. The van der Waals surface area contributed by atoms with Gasteiger partial charge in [0.15, 0.2) is 0 Å². The van der Waals surface area contributed by atoms with Crippen molar-refractivity contribution in [3.8, 4) is 0 Å². The van der Waals surface area contributed by atoms with Crippen molar-refractivity contribution in [2.45, 2.75) is 25.3 Å². The van der Waals surface area contributed by atoms with E-state index in [1.54, 1.807) is 6.07 Å². The molecule has 2 aliphatic heterocycles. The summed E-state index contributed by atoms with van der Waals surface area (Å²) in [7, 11) is 0. The van der Waals surface area contributed by atoms with Gasteiger partial charge in [0, 0.05) is 18.7 Å². The lowest BCUT2D eigenvalue weighted by Crippen LogP contribution is -2.52. The third-order valence-electron chi connectivity index (χ3n) is 4.02. The molecule has 1 aromatic rings. The van der Waals surface area contributed by atoms with E-state index in [1.807, 2.05) is 24.1 Å². The van der Waals surface area contributed by atoms with E-state index in [9.17, 15) is 4.79 Å². The number of aromatic nitrogens is 1. The van der Waals surface area contributed by atoms with Gasteiger partial charge in [-0.05, 0) is 30.9 Å². The molecule has 3 unspecified atom stereocenters. The highest BCUT2D eigenvalue weighted by atomic mass is 35.5. The summed E-state index contributed by atoms with van der Waals surface area (Å²) < 4.78 is 5.15. The SMILES string of the molecule is CCOC(=O)N1CC2C=CC1C(c1ccc(Cl)nc1)C2. The lowest BCUT2D eigenvalue weighted by atomic mass is 9.75. The molecule has 1 aromatic heterocycles. The van der Waals surface area contributed by atoms with Crippen molar-refractivity contribution in [2.75, 3.05) is 13.2 Å². The first-order valence-corrected chi connectivity index (χ1v) is 7.30. The van der Waals surface area contributed by atoms with Gasteiger partial charge in [0.2, 0.25) is 0 Å². The number of carbonyl (C=O) groups excluding carboxylic acids is 1. The van der Waals surface area contributed by atoms with Gasteiger partial charge in [-0.25, -0.2) is 9.78 Å². The average Bonchev–Trinajstić information content (AvgIpc) is 2.48. The van der Waals surface area contributed by atoms with Crippen molar-refractivity contribution in [1.82, 2.24) is 9.88 Å². The number of fused-ring (bicyclic) bond motifs is 2. The second kappa shape index (κ2) is 5.44. The standard InChI is InChI=1S/C15H17ClN2O2/c1-2-20-15(19)18-9-10-3-5-13(18)12(7-10)11-4-6-14(16)17-8-11/h3-6,8,10,12-13H,2,7,9H2,1H3. The quantitative estimate of drug-likeness (QED) is 0.621. The molecule has 4 nitrogen and oxygen atoms in total. The molecule has 0 aromatic carbocycles. The van der Waals surface area contributed by atoms with Crippen LogP contribution in [0.3, 0.4) is 0 Å². The predicted molar refractivity (Wildman–Crippen MR) is 76.8 cm³/mol. The summed E-state index contributed by atoms with van der Waals surface area (Å²) in [5, 5.41) is 0.493. The van der Waals surface area contributed by atoms with Crippen molar-refractivity contribution in [1.29, 1.82) is 0 Å². The Bertz CT molecular complexity index is 529. The molecule has 20 heavy (non-hydrogen) atoms. The lowest BCUT2D eigenvalue weighted by Gasteiger charge is -2.45. The molecule has 0 saturated carbocycles. The molecule has 4 rings (SSSR count). The van der Waals surface area contributed by atoms with Gasteiger partial charge < -0.3 is 9.64 Å². The Morgan fingerprint density at radius 1 is 1.50 bits per heavy atom.